The molecule has 2 aromatic carbocycles. The molecule has 1 amide bonds. The summed E-state index contributed by atoms with van der Waals surface area (Å²) in [5.74, 6) is -4.45. The van der Waals surface area contributed by atoms with Crippen molar-refractivity contribution in [3.8, 4) is 0 Å². The summed E-state index contributed by atoms with van der Waals surface area (Å²) < 4.78 is 40.4. The number of aliphatic imine (C=N–C) groups is 1. The van der Waals surface area contributed by atoms with Gasteiger partial charge >= 0.3 is 0 Å². The fourth-order valence-corrected chi connectivity index (χ4v) is 3.38. The highest BCUT2D eigenvalue weighted by atomic mass is 19.3. The molecule has 0 fully saturated rings. The number of nitrogens with zero attached hydrogens (tertiary/aromatic N) is 2. The highest BCUT2D eigenvalue weighted by molar-refractivity contribution is 6.02. The van der Waals surface area contributed by atoms with Gasteiger partial charge in [0.25, 0.3) is 5.92 Å². The Bertz CT molecular complexity index is 888. The summed E-state index contributed by atoms with van der Waals surface area (Å²) >= 11 is 0. The number of guanidine groups is 1. The van der Waals surface area contributed by atoms with E-state index in [-0.39, 0.29) is 17.4 Å². The molecule has 0 bridgehead atoms. The first-order chi connectivity index (χ1) is 12.5. The van der Waals surface area contributed by atoms with E-state index in [2.05, 4.69) is 4.99 Å². The summed E-state index contributed by atoms with van der Waals surface area (Å²) in [5, 5.41) is 0. The molecule has 0 saturated heterocycles. The molecule has 0 aliphatic carbocycles. The Morgan fingerprint density at radius 1 is 1.11 bits per heavy atom. The third-order valence-corrected chi connectivity index (χ3v) is 5.01. The Morgan fingerprint density at radius 2 is 1.67 bits per heavy atom. The quantitative estimate of drug-likeness (QED) is 0.889. The third kappa shape index (κ3) is 3.29. The van der Waals surface area contributed by atoms with Crippen molar-refractivity contribution in [1.29, 1.82) is 0 Å². The largest absolute Gasteiger partial charge is 0.369 e. The van der Waals surface area contributed by atoms with Crippen LogP contribution in [0.25, 0.3) is 0 Å². The molecule has 2 atom stereocenters. The maximum atomic E-state index is 13.5. The average Bonchev–Trinajstić information content (AvgIpc) is 2.60. The lowest BCUT2D eigenvalue weighted by Crippen LogP contribution is -2.52. The molecule has 0 spiro atoms. The number of carbonyl (C=O) groups excluding carboxylic acids is 1. The fourth-order valence-electron chi connectivity index (χ4n) is 3.38. The Hall–Kier alpha value is -2.83. The van der Waals surface area contributed by atoms with E-state index in [1.807, 2.05) is 0 Å². The van der Waals surface area contributed by atoms with Crippen molar-refractivity contribution >= 4 is 11.9 Å². The number of rotatable bonds is 3. The van der Waals surface area contributed by atoms with Crippen LogP contribution >= 0.6 is 0 Å². The maximum absolute atomic E-state index is 13.5. The van der Waals surface area contributed by atoms with Crippen LogP contribution in [0.2, 0.25) is 0 Å². The number of carbonyl (C=O) groups is 1. The van der Waals surface area contributed by atoms with Gasteiger partial charge in [-0.15, -0.1) is 0 Å². The van der Waals surface area contributed by atoms with E-state index in [1.54, 1.807) is 19.1 Å². The van der Waals surface area contributed by atoms with Crippen LogP contribution in [0.3, 0.4) is 0 Å². The minimum atomic E-state index is -2.98. The minimum absolute atomic E-state index is 0.0415. The molecule has 4 nitrogen and oxygen atoms in total. The van der Waals surface area contributed by atoms with Crippen molar-refractivity contribution in [2.75, 3.05) is 7.05 Å². The van der Waals surface area contributed by atoms with Gasteiger partial charge in [-0.25, -0.2) is 18.2 Å². The zero-order valence-corrected chi connectivity index (χ0v) is 15.2. The first-order valence-corrected chi connectivity index (χ1v) is 8.41. The van der Waals surface area contributed by atoms with Crippen LogP contribution in [-0.4, -0.2) is 23.8 Å². The van der Waals surface area contributed by atoms with E-state index < -0.39 is 23.2 Å². The summed E-state index contributed by atoms with van der Waals surface area (Å²) in [6.07, 6.45) is 0. The number of benzene rings is 2. The lowest BCUT2D eigenvalue weighted by Gasteiger charge is -2.41. The molecule has 2 unspecified atom stereocenters. The molecule has 3 rings (SSSR count). The van der Waals surface area contributed by atoms with E-state index in [4.69, 9.17) is 5.73 Å². The first kappa shape index (κ1) is 18.9. The van der Waals surface area contributed by atoms with E-state index in [0.717, 1.165) is 6.92 Å². The molecule has 142 valence electrons. The molecule has 27 heavy (non-hydrogen) atoms. The Kier molecular flexibility index (Phi) is 4.49. The van der Waals surface area contributed by atoms with Crippen molar-refractivity contribution in [2.24, 2.45) is 10.7 Å². The predicted molar refractivity (Wildman–Crippen MR) is 96.9 cm³/mol. The summed E-state index contributed by atoms with van der Waals surface area (Å²) in [6.45, 7) is 2.54. The molecule has 7 heteroatoms. The maximum Gasteiger partial charge on any atom is 0.270 e. The van der Waals surface area contributed by atoms with Crippen LogP contribution in [0, 0.1) is 5.82 Å². The van der Waals surface area contributed by atoms with Crippen LogP contribution < -0.4 is 5.73 Å². The van der Waals surface area contributed by atoms with Gasteiger partial charge in [0.15, 0.2) is 5.96 Å². The smallest absolute Gasteiger partial charge is 0.270 e. The van der Waals surface area contributed by atoms with Crippen LogP contribution in [0.1, 0.15) is 36.5 Å². The van der Waals surface area contributed by atoms with Crippen molar-refractivity contribution in [3.05, 3.63) is 71.0 Å². The second-order valence-electron chi connectivity index (χ2n) is 6.97. The monoisotopic (exact) mass is 375 g/mol. The van der Waals surface area contributed by atoms with Gasteiger partial charge in [0.1, 0.15) is 11.4 Å². The van der Waals surface area contributed by atoms with E-state index >= 15 is 0 Å². The van der Waals surface area contributed by atoms with Gasteiger partial charge in [0.05, 0.1) is 5.92 Å². The van der Waals surface area contributed by atoms with E-state index in [9.17, 15) is 18.0 Å². The van der Waals surface area contributed by atoms with Crippen molar-refractivity contribution in [3.63, 3.8) is 0 Å². The summed E-state index contributed by atoms with van der Waals surface area (Å²) in [5.41, 5.74) is 5.80. The number of amides is 1. The molecule has 0 radical (unpaired) electrons. The van der Waals surface area contributed by atoms with Crippen LogP contribution in [0.5, 0.6) is 0 Å². The van der Waals surface area contributed by atoms with Gasteiger partial charge in [0.2, 0.25) is 5.91 Å². The van der Waals surface area contributed by atoms with Crippen LogP contribution in [0.15, 0.2) is 53.5 Å². The Balaban J connectivity index is 2.14. The highest BCUT2D eigenvalue weighted by Crippen LogP contribution is 2.44. The molecule has 0 aromatic heterocycles. The second kappa shape index (κ2) is 6.40. The van der Waals surface area contributed by atoms with E-state index in [0.29, 0.717) is 11.1 Å². The van der Waals surface area contributed by atoms with Crippen molar-refractivity contribution < 1.29 is 18.0 Å². The third-order valence-electron chi connectivity index (χ3n) is 5.01. The van der Waals surface area contributed by atoms with Crippen molar-refractivity contribution in [1.82, 2.24) is 4.90 Å². The SMILES string of the molecule is CN1C(=O)C(c2ccc(C(C)(F)F)cc2)C(C)(c2ccc(F)cc2)N=C1N. The van der Waals surface area contributed by atoms with Gasteiger partial charge in [-0.2, -0.15) is 0 Å². The Labute approximate surface area is 155 Å². The fraction of sp³-hybridized carbons (Fsp3) is 0.300. The lowest BCUT2D eigenvalue weighted by atomic mass is 9.74. The number of nitrogens with two attached hydrogens (primary N) is 1. The zero-order valence-electron chi connectivity index (χ0n) is 15.2. The summed E-state index contributed by atoms with van der Waals surface area (Å²) in [7, 11) is 1.51. The molecule has 2 N–H and O–H groups in total. The normalized spacial score (nSPS) is 23.3. The molecule has 2 aromatic rings. The van der Waals surface area contributed by atoms with Gasteiger partial charge in [-0.3, -0.25) is 9.69 Å². The van der Waals surface area contributed by atoms with Gasteiger partial charge < -0.3 is 5.73 Å². The summed E-state index contributed by atoms with van der Waals surface area (Å²) in [6, 6.07) is 11.3. The molecule has 1 aliphatic heterocycles. The number of alkyl halides is 2. The number of likely N-dealkylation sites (N-methyl/N-ethyl adjacent to an activating group) is 1. The van der Waals surface area contributed by atoms with Gasteiger partial charge in [-0.1, -0.05) is 36.4 Å². The number of hydrogen-bond donors (Lipinski definition) is 1. The standard InChI is InChI=1S/C20H20F3N3O/c1-19(13-8-10-15(21)11-9-13)16(17(27)26(3)18(24)25-19)12-4-6-14(7-5-12)20(2,22)23/h4-11,16H,1-3H3,(H2,24,25). The highest BCUT2D eigenvalue weighted by Gasteiger charge is 2.47. The number of hydrogen-bond acceptors (Lipinski definition) is 3. The lowest BCUT2D eigenvalue weighted by molar-refractivity contribution is -0.130. The Morgan fingerprint density at radius 3 is 2.19 bits per heavy atom. The van der Waals surface area contributed by atoms with Crippen LogP contribution in [-0.2, 0) is 16.3 Å². The van der Waals surface area contributed by atoms with E-state index in [1.165, 1.54) is 48.3 Å². The second-order valence-corrected chi connectivity index (χ2v) is 6.97. The first-order valence-electron chi connectivity index (χ1n) is 8.41. The molecular formula is C20H20F3N3O. The molecule has 1 heterocycles. The number of halogens is 3. The molecule has 0 saturated carbocycles. The van der Waals surface area contributed by atoms with Gasteiger partial charge in [0, 0.05) is 19.5 Å². The van der Waals surface area contributed by atoms with Crippen molar-refractivity contribution in [2.45, 2.75) is 31.2 Å². The minimum Gasteiger partial charge on any atom is -0.369 e. The topological polar surface area (TPSA) is 58.7 Å². The summed E-state index contributed by atoms with van der Waals surface area (Å²) in [4.78, 5) is 18.8. The predicted octanol–water partition coefficient (Wildman–Crippen LogP) is 3.72. The average molecular weight is 375 g/mol. The molecular weight excluding hydrogens is 355 g/mol. The van der Waals surface area contributed by atoms with Crippen LogP contribution in [0.4, 0.5) is 13.2 Å². The zero-order chi connectivity index (χ0) is 20.0. The molecule has 1 aliphatic rings. The van der Waals surface area contributed by atoms with Gasteiger partial charge in [-0.05, 0) is 30.2 Å².